The molecule has 1 aromatic heterocycles. The van der Waals surface area contributed by atoms with E-state index in [1.54, 1.807) is 0 Å². The van der Waals surface area contributed by atoms with Gasteiger partial charge in [0.05, 0.1) is 5.56 Å². The Morgan fingerprint density at radius 2 is 2.10 bits per heavy atom. The molecule has 1 N–H and O–H groups in total. The molecule has 0 spiro atoms. The number of carboxylic acids is 1. The molecule has 2 aromatic rings. The second-order valence-corrected chi connectivity index (χ2v) is 4.76. The largest absolute Gasteiger partial charge is 0.479 e. The number of oxazole rings is 1. The Kier molecular flexibility index (Phi) is 3.12. The smallest absolute Gasteiger partial charge is 0.416 e. The molecule has 2 heterocycles. The minimum atomic E-state index is -4.45. The highest BCUT2D eigenvalue weighted by molar-refractivity contribution is 5.74. The van der Waals surface area contributed by atoms with Crippen molar-refractivity contribution < 1.29 is 32.2 Å². The van der Waals surface area contributed by atoms with E-state index < -0.39 is 29.9 Å². The number of aliphatic carboxylic acids is 1. The number of fused-ring (bicyclic) bond motifs is 1. The van der Waals surface area contributed by atoms with Crippen LogP contribution < -0.4 is 0 Å². The maximum Gasteiger partial charge on any atom is 0.416 e. The third kappa shape index (κ3) is 2.58. The van der Waals surface area contributed by atoms with Gasteiger partial charge in [0.1, 0.15) is 11.6 Å². The quantitative estimate of drug-likeness (QED) is 0.922. The molecular formula is C13H10F3NO4. The van der Waals surface area contributed by atoms with Gasteiger partial charge in [0.25, 0.3) is 0 Å². The van der Waals surface area contributed by atoms with Crippen LogP contribution in [-0.2, 0) is 15.7 Å². The molecule has 0 aliphatic carbocycles. The molecule has 112 valence electrons. The highest BCUT2D eigenvalue weighted by Crippen LogP contribution is 2.36. The van der Waals surface area contributed by atoms with E-state index in [9.17, 15) is 18.0 Å². The topological polar surface area (TPSA) is 72.6 Å². The lowest BCUT2D eigenvalue weighted by molar-refractivity contribution is -0.149. The summed E-state index contributed by atoms with van der Waals surface area (Å²) in [6, 6.07) is 3.00. The van der Waals surface area contributed by atoms with E-state index in [4.69, 9.17) is 14.3 Å². The van der Waals surface area contributed by atoms with Crippen molar-refractivity contribution in [2.75, 3.05) is 0 Å². The fraction of sp³-hybridized carbons (Fsp3) is 0.385. The predicted octanol–water partition coefficient (Wildman–Crippen LogP) is 3.15. The molecule has 1 aromatic carbocycles. The lowest BCUT2D eigenvalue weighted by atomic mass is 10.2. The van der Waals surface area contributed by atoms with E-state index in [-0.39, 0.29) is 17.0 Å². The van der Waals surface area contributed by atoms with Crippen molar-refractivity contribution in [3.8, 4) is 0 Å². The predicted molar refractivity (Wildman–Crippen MR) is 63.5 cm³/mol. The molecule has 8 heteroatoms. The van der Waals surface area contributed by atoms with Gasteiger partial charge < -0.3 is 14.3 Å². The van der Waals surface area contributed by atoms with Crippen molar-refractivity contribution in [1.29, 1.82) is 0 Å². The van der Waals surface area contributed by atoms with Crippen LogP contribution in [-0.4, -0.2) is 22.2 Å². The summed E-state index contributed by atoms with van der Waals surface area (Å²) >= 11 is 0. The zero-order valence-corrected chi connectivity index (χ0v) is 10.6. The average molecular weight is 301 g/mol. The number of halogens is 3. The van der Waals surface area contributed by atoms with Crippen molar-refractivity contribution in [2.45, 2.75) is 31.2 Å². The third-order valence-electron chi connectivity index (χ3n) is 3.30. The Morgan fingerprint density at radius 3 is 2.71 bits per heavy atom. The summed E-state index contributed by atoms with van der Waals surface area (Å²) in [6.45, 7) is 0. The Labute approximate surface area is 116 Å². The molecule has 0 amide bonds. The summed E-state index contributed by atoms with van der Waals surface area (Å²) in [5, 5.41) is 8.84. The molecule has 1 saturated heterocycles. The first kappa shape index (κ1) is 13.9. The SMILES string of the molecule is O=C(O)C1CCC(c2nc3cc(C(F)(F)F)ccc3o2)O1. The lowest BCUT2D eigenvalue weighted by Crippen LogP contribution is -2.18. The van der Waals surface area contributed by atoms with Gasteiger partial charge in [-0.05, 0) is 31.0 Å². The second kappa shape index (κ2) is 4.73. The zero-order chi connectivity index (χ0) is 15.2. The number of hydrogen-bond acceptors (Lipinski definition) is 4. The standard InChI is InChI=1S/C13H10F3NO4/c14-13(15,16)6-1-2-8-7(5-6)17-11(21-8)9-3-4-10(20-9)12(18)19/h1-2,5,9-10H,3-4H2,(H,18,19). The highest BCUT2D eigenvalue weighted by Gasteiger charge is 2.35. The van der Waals surface area contributed by atoms with Crippen molar-refractivity contribution in [1.82, 2.24) is 4.98 Å². The first-order chi connectivity index (χ1) is 9.84. The summed E-state index contributed by atoms with van der Waals surface area (Å²) in [5.41, 5.74) is -0.534. The summed E-state index contributed by atoms with van der Waals surface area (Å²) in [4.78, 5) is 14.8. The van der Waals surface area contributed by atoms with Gasteiger partial charge >= 0.3 is 12.1 Å². The van der Waals surface area contributed by atoms with Crippen molar-refractivity contribution >= 4 is 17.1 Å². The summed E-state index contributed by atoms with van der Waals surface area (Å²) in [7, 11) is 0. The minimum absolute atomic E-state index is 0.0715. The maximum atomic E-state index is 12.6. The molecule has 1 aliphatic heterocycles. The molecule has 21 heavy (non-hydrogen) atoms. The fourth-order valence-corrected chi connectivity index (χ4v) is 2.26. The van der Waals surface area contributed by atoms with E-state index >= 15 is 0 Å². The Balaban J connectivity index is 1.90. The molecule has 0 saturated carbocycles. The molecule has 1 aliphatic rings. The molecule has 5 nitrogen and oxygen atoms in total. The summed E-state index contributed by atoms with van der Waals surface area (Å²) in [5.74, 6) is -0.971. The zero-order valence-electron chi connectivity index (χ0n) is 10.6. The lowest BCUT2D eigenvalue weighted by Gasteiger charge is -2.06. The molecule has 0 radical (unpaired) electrons. The van der Waals surface area contributed by atoms with Crippen LogP contribution >= 0.6 is 0 Å². The number of rotatable bonds is 2. The first-order valence-electron chi connectivity index (χ1n) is 6.20. The molecule has 3 rings (SSSR count). The molecule has 1 fully saturated rings. The van der Waals surface area contributed by atoms with Crippen LogP contribution in [0.4, 0.5) is 13.2 Å². The third-order valence-corrected chi connectivity index (χ3v) is 3.30. The Bertz CT molecular complexity index is 694. The number of carbonyl (C=O) groups is 1. The molecule has 2 atom stereocenters. The van der Waals surface area contributed by atoms with Gasteiger partial charge in [-0.2, -0.15) is 13.2 Å². The van der Waals surface area contributed by atoms with Gasteiger partial charge in [-0.25, -0.2) is 9.78 Å². The van der Waals surface area contributed by atoms with Crippen LogP contribution in [0.5, 0.6) is 0 Å². The van der Waals surface area contributed by atoms with Crippen LogP contribution in [0.15, 0.2) is 22.6 Å². The average Bonchev–Trinajstić information content (AvgIpc) is 3.03. The first-order valence-corrected chi connectivity index (χ1v) is 6.20. The van der Waals surface area contributed by atoms with Gasteiger partial charge in [-0.3, -0.25) is 0 Å². The normalized spacial score (nSPS) is 22.8. The van der Waals surface area contributed by atoms with Gasteiger partial charge in [0.15, 0.2) is 11.7 Å². The minimum Gasteiger partial charge on any atom is -0.479 e. The number of carboxylic acid groups (broad SMARTS) is 1. The van der Waals surface area contributed by atoms with E-state index in [0.717, 1.165) is 12.1 Å². The van der Waals surface area contributed by atoms with Gasteiger partial charge in [-0.15, -0.1) is 0 Å². The van der Waals surface area contributed by atoms with Gasteiger partial charge in [0, 0.05) is 0 Å². The molecule has 0 bridgehead atoms. The van der Waals surface area contributed by atoms with E-state index in [2.05, 4.69) is 4.98 Å². The summed E-state index contributed by atoms with van der Waals surface area (Å²) in [6.07, 6.45) is -5.32. The monoisotopic (exact) mass is 301 g/mol. The molecular weight excluding hydrogens is 291 g/mol. The summed E-state index contributed by atoms with van der Waals surface area (Å²) < 4.78 is 48.5. The van der Waals surface area contributed by atoms with Crippen LogP contribution in [0.25, 0.3) is 11.1 Å². The van der Waals surface area contributed by atoms with E-state index in [1.165, 1.54) is 6.07 Å². The second-order valence-electron chi connectivity index (χ2n) is 4.76. The van der Waals surface area contributed by atoms with Crippen molar-refractivity contribution in [2.24, 2.45) is 0 Å². The van der Waals surface area contributed by atoms with Gasteiger partial charge in [0.2, 0.25) is 5.89 Å². The van der Waals surface area contributed by atoms with Gasteiger partial charge in [-0.1, -0.05) is 0 Å². The van der Waals surface area contributed by atoms with Crippen molar-refractivity contribution in [3.05, 3.63) is 29.7 Å². The van der Waals surface area contributed by atoms with Crippen LogP contribution in [0.1, 0.15) is 30.4 Å². The van der Waals surface area contributed by atoms with Crippen molar-refractivity contribution in [3.63, 3.8) is 0 Å². The Hall–Kier alpha value is -2.09. The van der Waals surface area contributed by atoms with Crippen LogP contribution in [0, 0.1) is 0 Å². The number of hydrogen-bond donors (Lipinski definition) is 1. The maximum absolute atomic E-state index is 12.6. The van der Waals surface area contributed by atoms with E-state index in [1.807, 2.05) is 0 Å². The number of benzene rings is 1. The number of aromatic nitrogens is 1. The molecule has 2 unspecified atom stereocenters. The van der Waals surface area contributed by atoms with E-state index in [0.29, 0.717) is 12.8 Å². The number of alkyl halides is 3. The van der Waals surface area contributed by atoms with Crippen LogP contribution in [0.2, 0.25) is 0 Å². The number of ether oxygens (including phenoxy) is 1. The van der Waals surface area contributed by atoms with Crippen LogP contribution in [0.3, 0.4) is 0 Å². The highest BCUT2D eigenvalue weighted by atomic mass is 19.4. The Morgan fingerprint density at radius 1 is 1.33 bits per heavy atom. The number of nitrogens with zero attached hydrogens (tertiary/aromatic N) is 1. The fourth-order valence-electron chi connectivity index (χ4n) is 2.26.